The van der Waals surface area contributed by atoms with Gasteiger partial charge in [0.15, 0.2) is 0 Å². The minimum Gasteiger partial charge on any atom is -0.497 e. The Morgan fingerprint density at radius 2 is 1.10 bits per heavy atom. The van der Waals surface area contributed by atoms with Crippen LogP contribution < -0.4 is 10.2 Å². The van der Waals surface area contributed by atoms with Crippen molar-refractivity contribution < 1.29 is 14.0 Å². The fourth-order valence-corrected chi connectivity index (χ4v) is 4.45. The van der Waals surface area contributed by atoms with Crippen molar-refractivity contribution in [2.24, 2.45) is 0 Å². The first-order valence-electron chi connectivity index (χ1n) is 10.8. The number of ether oxygens (including phenoxy) is 1. The monoisotopic (exact) mass is 410 g/mol. The standard InChI is InChI=1S/C27H27BO3/c1-26(2)27(3,4)31-28(30-26)25-22-12-8-6-10-20(22)24(21-11-7-9-13-23(21)25)18-14-16-19(29-5)17-15-18/h6-17H,1-5H3. The predicted molar refractivity (Wildman–Crippen MR) is 129 cm³/mol. The molecule has 0 bridgehead atoms. The van der Waals surface area contributed by atoms with Crippen LogP contribution in [0, 0.1) is 0 Å². The van der Waals surface area contributed by atoms with E-state index in [1.807, 2.05) is 12.1 Å². The van der Waals surface area contributed by atoms with Crippen LogP contribution in [0.5, 0.6) is 5.75 Å². The van der Waals surface area contributed by atoms with Crippen molar-refractivity contribution in [2.75, 3.05) is 7.11 Å². The molecule has 1 heterocycles. The van der Waals surface area contributed by atoms with Crippen LogP contribution in [-0.2, 0) is 9.31 Å². The highest BCUT2D eigenvalue weighted by Crippen LogP contribution is 2.40. The highest BCUT2D eigenvalue weighted by molar-refractivity contribution is 6.68. The van der Waals surface area contributed by atoms with E-state index in [4.69, 9.17) is 14.0 Å². The molecule has 0 atom stereocenters. The zero-order valence-corrected chi connectivity index (χ0v) is 18.7. The van der Waals surface area contributed by atoms with E-state index in [9.17, 15) is 0 Å². The summed E-state index contributed by atoms with van der Waals surface area (Å²) in [7, 11) is 1.27. The SMILES string of the molecule is COc1ccc(-c2c3ccccc3c(B3OC(C)(C)C(C)(C)O3)c3ccccc23)cc1. The van der Waals surface area contributed by atoms with Crippen LogP contribution in [0.15, 0.2) is 72.8 Å². The lowest BCUT2D eigenvalue weighted by atomic mass is 9.71. The minimum atomic E-state index is -0.426. The Morgan fingerprint density at radius 1 is 0.645 bits per heavy atom. The average molecular weight is 410 g/mol. The summed E-state index contributed by atoms with van der Waals surface area (Å²) in [5.41, 5.74) is 2.69. The lowest BCUT2D eigenvalue weighted by Gasteiger charge is -2.32. The first-order valence-corrected chi connectivity index (χ1v) is 10.8. The quantitative estimate of drug-likeness (QED) is 0.308. The van der Waals surface area contributed by atoms with E-state index in [1.165, 1.54) is 16.3 Å². The van der Waals surface area contributed by atoms with Gasteiger partial charge in [0.1, 0.15) is 5.75 Å². The van der Waals surface area contributed by atoms with Gasteiger partial charge in [-0.05, 0) is 78.0 Å². The van der Waals surface area contributed by atoms with Gasteiger partial charge in [-0.15, -0.1) is 0 Å². The van der Waals surface area contributed by atoms with Gasteiger partial charge in [-0.1, -0.05) is 60.7 Å². The molecule has 4 aromatic rings. The molecule has 1 saturated heterocycles. The zero-order valence-electron chi connectivity index (χ0n) is 18.7. The van der Waals surface area contributed by atoms with Gasteiger partial charge in [-0.2, -0.15) is 0 Å². The van der Waals surface area contributed by atoms with Crippen molar-refractivity contribution in [1.82, 2.24) is 0 Å². The van der Waals surface area contributed by atoms with Gasteiger partial charge in [0.05, 0.1) is 18.3 Å². The molecule has 4 heteroatoms. The van der Waals surface area contributed by atoms with Gasteiger partial charge in [0.25, 0.3) is 0 Å². The molecule has 0 spiro atoms. The highest BCUT2D eigenvalue weighted by Gasteiger charge is 2.52. The topological polar surface area (TPSA) is 27.7 Å². The van der Waals surface area contributed by atoms with Crippen LogP contribution in [0.2, 0.25) is 0 Å². The molecule has 0 aromatic heterocycles. The number of hydrogen-bond acceptors (Lipinski definition) is 3. The molecule has 0 N–H and O–H groups in total. The second-order valence-electron chi connectivity index (χ2n) is 9.20. The molecule has 156 valence electrons. The Bertz CT molecular complexity index is 1200. The van der Waals surface area contributed by atoms with E-state index >= 15 is 0 Å². The molecule has 1 aliphatic rings. The molecule has 4 aromatic carbocycles. The second-order valence-corrected chi connectivity index (χ2v) is 9.20. The van der Waals surface area contributed by atoms with Gasteiger partial charge in [-0.25, -0.2) is 0 Å². The third-order valence-corrected chi connectivity index (χ3v) is 6.84. The summed E-state index contributed by atoms with van der Waals surface area (Å²) in [4.78, 5) is 0. The molecule has 3 nitrogen and oxygen atoms in total. The fraction of sp³-hybridized carbons (Fsp3) is 0.259. The molecule has 1 fully saturated rings. The predicted octanol–water partition coefficient (Wildman–Crippen LogP) is 5.97. The zero-order chi connectivity index (χ0) is 21.8. The minimum absolute atomic E-state index is 0.394. The van der Waals surface area contributed by atoms with Crippen molar-refractivity contribution in [3.8, 4) is 16.9 Å². The number of rotatable bonds is 3. The van der Waals surface area contributed by atoms with E-state index < -0.39 is 18.3 Å². The summed E-state index contributed by atoms with van der Waals surface area (Å²) in [5, 5.41) is 4.70. The van der Waals surface area contributed by atoms with E-state index in [0.29, 0.717) is 0 Å². The molecule has 0 aliphatic carbocycles. The smallest absolute Gasteiger partial charge is 0.496 e. The maximum Gasteiger partial charge on any atom is 0.496 e. The van der Waals surface area contributed by atoms with Crippen molar-refractivity contribution in [2.45, 2.75) is 38.9 Å². The van der Waals surface area contributed by atoms with Crippen molar-refractivity contribution in [3.63, 3.8) is 0 Å². The number of benzene rings is 4. The Labute approximate surface area is 184 Å². The molecule has 5 rings (SSSR count). The average Bonchev–Trinajstić information content (AvgIpc) is 2.98. The van der Waals surface area contributed by atoms with Crippen molar-refractivity contribution in [1.29, 1.82) is 0 Å². The summed E-state index contributed by atoms with van der Waals surface area (Å²) in [5.74, 6) is 0.853. The lowest BCUT2D eigenvalue weighted by Crippen LogP contribution is -2.41. The van der Waals surface area contributed by atoms with E-state index in [2.05, 4.69) is 88.4 Å². The fourth-order valence-electron chi connectivity index (χ4n) is 4.45. The highest BCUT2D eigenvalue weighted by atomic mass is 16.7. The molecule has 31 heavy (non-hydrogen) atoms. The van der Waals surface area contributed by atoms with Gasteiger partial charge >= 0.3 is 7.12 Å². The Hall–Kier alpha value is -2.82. The molecular formula is C27H27BO3. The first kappa shape index (κ1) is 20.1. The summed E-state index contributed by atoms with van der Waals surface area (Å²) in [6.45, 7) is 8.40. The normalized spacial score (nSPS) is 17.4. The number of methoxy groups -OCH3 is 1. The van der Waals surface area contributed by atoms with E-state index in [0.717, 1.165) is 27.5 Å². The first-order chi connectivity index (χ1) is 14.8. The van der Waals surface area contributed by atoms with Crippen LogP contribution in [0.3, 0.4) is 0 Å². The summed E-state index contributed by atoms with van der Waals surface area (Å²) >= 11 is 0. The van der Waals surface area contributed by atoms with Crippen LogP contribution >= 0.6 is 0 Å². The van der Waals surface area contributed by atoms with Crippen LogP contribution in [-0.4, -0.2) is 25.4 Å². The molecule has 1 aliphatic heterocycles. The third kappa shape index (κ3) is 3.13. The van der Waals surface area contributed by atoms with E-state index in [-0.39, 0.29) is 0 Å². The summed E-state index contributed by atoms with van der Waals surface area (Å²) in [6.07, 6.45) is 0. The van der Waals surface area contributed by atoms with Crippen LogP contribution in [0.25, 0.3) is 32.7 Å². The van der Waals surface area contributed by atoms with Crippen LogP contribution in [0.1, 0.15) is 27.7 Å². The molecule has 0 radical (unpaired) electrons. The van der Waals surface area contributed by atoms with Gasteiger partial charge in [0.2, 0.25) is 0 Å². The molecular weight excluding hydrogens is 383 g/mol. The lowest BCUT2D eigenvalue weighted by molar-refractivity contribution is 0.00578. The van der Waals surface area contributed by atoms with Gasteiger partial charge in [0, 0.05) is 0 Å². The van der Waals surface area contributed by atoms with Crippen molar-refractivity contribution in [3.05, 3.63) is 72.8 Å². The summed E-state index contributed by atoms with van der Waals surface area (Å²) < 4.78 is 18.4. The Balaban J connectivity index is 1.83. The number of hydrogen-bond donors (Lipinski definition) is 0. The van der Waals surface area contributed by atoms with Gasteiger partial charge in [-0.3, -0.25) is 0 Å². The largest absolute Gasteiger partial charge is 0.497 e. The maximum atomic E-state index is 6.50. The Morgan fingerprint density at radius 3 is 1.55 bits per heavy atom. The number of fused-ring (bicyclic) bond motifs is 2. The van der Waals surface area contributed by atoms with Crippen LogP contribution in [0.4, 0.5) is 0 Å². The molecule has 0 amide bonds. The maximum absolute atomic E-state index is 6.50. The summed E-state index contributed by atoms with van der Waals surface area (Å²) in [6, 6.07) is 25.4. The van der Waals surface area contributed by atoms with Gasteiger partial charge < -0.3 is 14.0 Å². The Kier molecular flexibility index (Phi) is 4.61. The molecule has 0 saturated carbocycles. The third-order valence-electron chi connectivity index (χ3n) is 6.84. The van der Waals surface area contributed by atoms with E-state index in [1.54, 1.807) is 7.11 Å². The van der Waals surface area contributed by atoms with Crippen molar-refractivity contribution >= 4 is 34.1 Å². The molecule has 0 unspecified atom stereocenters. The second kappa shape index (κ2) is 7.11.